The van der Waals surface area contributed by atoms with E-state index in [-0.39, 0.29) is 5.82 Å². The number of hydrogen-bond acceptors (Lipinski definition) is 5. The molecule has 1 aliphatic heterocycles. The van der Waals surface area contributed by atoms with Crippen molar-refractivity contribution in [3.63, 3.8) is 0 Å². The van der Waals surface area contributed by atoms with E-state index in [0.29, 0.717) is 23.2 Å². The van der Waals surface area contributed by atoms with Crippen molar-refractivity contribution in [2.45, 2.75) is 38.1 Å². The second-order valence-corrected chi connectivity index (χ2v) is 7.11. The van der Waals surface area contributed by atoms with Gasteiger partial charge in [0.05, 0.1) is 11.2 Å². The lowest BCUT2D eigenvalue weighted by molar-refractivity contribution is 0.557. The Hall–Kier alpha value is -2.70. The van der Waals surface area contributed by atoms with Crippen molar-refractivity contribution < 1.29 is 4.39 Å². The van der Waals surface area contributed by atoms with E-state index < -0.39 is 0 Å². The van der Waals surface area contributed by atoms with Crippen LogP contribution in [-0.4, -0.2) is 38.9 Å². The molecule has 2 fully saturated rings. The summed E-state index contributed by atoms with van der Waals surface area (Å²) in [7, 11) is 0. The first-order chi connectivity index (χ1) is 12.8. The van der Waals surface area contributed by atoms with E-state index in [1.54, 1.807) is 17.1 Å². The summed E-state index contributed by atoms with van der Waals surface area (Å²) in [4.78, 5) is 11.4. The van der Waals surface area contributed by atoms with E-state index in [1.165, 1.54) is 12.5 Å². The van der Waals surface area contributed by atoms with Crippen LogP contribution >= 0.6 is 0 Å². The molecule has 26 heavy (non-hydrogen) atoms. The molecule has 0 spiro atoms. The van der Waals surface area contributed by atoms with E-state index in [4.69, 9.17) is 0 Å². The predicted octanol–water partition coefficient (Wildman–Crippen LogP) is 3.52. The van der Waals surface area contributed by atoms with Crippen molar-refractivity contribution in [1.29, 1.82) is 0 Å². The summed E-state index contributed by atoms with van der Waals surface area (Å²) in [6.07, 6.45) is 9.20. The number of benzene rings is 1. The van der Waals surface area contributed by atoms with Crippen molar-refractivity contribution in [1.82, 2.24) is 19.7 Å². The lowest BCUT2D eigenvalue weighted by atomic mass is 10.1. The third-order valence-electron chi connectivity index (χ3n) is 5.08. The van der Waals surface area contributed by atoms with Crippen LogP contribution in [0.1, 0.15) is 32.1 Å². The van der Waals surface area contributed by atoms with Crippen LogP contribution in [0, 0.1) is 5.82 Å². The Morgan fingerprint density at radius 1 is 1.08 bits per heavy atom. The second-order valence-electron chi connectivity index (χ2n) is 7.11. The zero-order valence-corrected chi connectivity index (χ0v) is 14.5. The van der Waals surface area contributed by atoms with Gasteiger partial charge in [0.15, 0.2) is 0 Å². The molecule has 0 atom stereocenters. The molecule has 1 aliphatic carbocycles. The van der Waals surface area contributed by atoms with Gasteiger partial charge in [-0.3, -0.25) is 0 Å². The molecule has 6 nitrogen and oxygen atoms in total. The van der Waals surface area contributed by atoms with E-state index in [1.807, 2.05) is 12.1 Å². The molecule has 1 saturated carbocycles. The van der Waals surface area contributed by atoms with Crippen molar-refractivity contribution in [3.05, 3.63) is 36.4 Å². The Bertz CT molecular complexity index is 929. The fraction of sp³-hybridized carbons (Fsp3) is 0.421. The molecule has 0 bridgehead atoms. The molecular weight excluding hydrogens is 331 g/mol. The highest BCUT2D eigenvalue weighted by atomic mass is 19.1. The van der Waals surface area contributed by atoms with Gasteiger partial charge in [-0.15, -0.1) is 0 Å². The van der Waals surface area contributed by atoms with Gasteiger partial charge in [-0.05, 0) is 44.2 Å². The van der Waals surface area contributed by atoms with Gasteiger partial charge in [0.1, 0.15) is 11.6 Å². The first-order valence-electron chi connectivity index (χ1n) is 9.31. The Labute approximate surface area is 151 Å². The average molecular weight is 352 g/mol. The highest BCUT2D eigenvalue weighted by Crippen LogP contribution is 2.33. The molecular formula is C19H21FN6. The molecule has 1 N–H and O–H groups in total. The van der Waals surface area contributed by atoms with E-state index in [9.17, 15) is 4.39 Å². The van der Waals surface area contributed by atoms with Gasteiger partial charge >= 0.3 is 0 Å². The van der Waals surface area contributed by atoms with Crippen LogP contribution in [0.15, 0.2) is 30.6 Å². The number of nitrogens with one attached hydrogen (secondary N) is 1. The van der Waals surface area contributed by atoms with Gasteiger partial charge in [0, 0.05) is 43.0 Å². The molecule has 1 aromatic carbocycles. The van der Waals surface area contributed by atoms with Crippen LogP contribution in [0.5, 0.6) is 0 Å². The number of anilines is 2. The molecule has 3 heterocycles. The van der Waals surface area contributed by atoms with Crippen LogP contribution < -0.4 is 10.2 Å². The zero-order valence-electron chi connectivity index (χ0n) is 14.5. The van der Waals surface area contributed by atoms with Gasteiger partial charge in [-0.1, -0.05) is 0 Å². The maximum atomic E-state index is 14.8. The predicted molar refractivity (Wildman–Crippen MR) is 99.3 cm³/mol. The summed E-state index contributed by atoms with van der Waals surface area (Å²) in [6.45, 7) is 1.81. The fourth-order valence-corrected chi connectivity index (χ4v) is 3.52. The van der Waals surface area contributed by atoms with Gasteiger partial charge in [-0.2, -0.15) is 10.1 Å². The molecule has 1 saturated heterocycles. The van der Waals surface area contributed by atoms with Gasteiger partial charge in [0.25, 0.3) is 5.95 Å². The third-order valence-corrected chi connectivity index (χ3v) is 5.08. The molecule has 0 radical (unpaired) electrons. The highest BCUT2D eigenvalue weighted by Gasteiger charge is 2.24. The fourth-order valence-electron chi connectivity index (χ4n) is 3.52. The molecule has 0 unspecified atom stereocenters. The number of rotatable bonds is 4. The molecule has 0 amide bonds. The van der Waals surface area contributed by atoms with Crippen LogP contribution in [0.25, 0.3) is 16.9 Å². The number of nitrogens with zero attached hydrogens (tertiary/aromatic N) is 5. The van der Waals surface area contributed by atoms with E-state index >= 15 is 0 Å². The first kappa shape index (κ1) is 15.5. The molecule has 2 aromatic heterocycles. The van der Waals surface area contributed by atoms with Crippen LogP contribution in [0.4, 0.5) is 15.9 Å². The summed E-state index contributed by atoms with van der Waals surface area (Å²) >= 11 is 0. The number of fused-ring (bicyclic) bond motifs is 1. The molecule has 2 aliphatic rings. The lowest BCUT2D eigenvalue weighted by Crippen LogP contribution is -2.30. The topological polar surface area (TPSA) is 58.9 Å². The Morgan fingerprint density at radius 2 is 1.92 bits per heavy atom. The van der Waals surface area contributed by atoms with Crippen LogP contribution in [0.3, 0.4) is 0 Å². The van der Waals surface area contributed by atoms with E-state index in [0.717, 1.165) is 50.0 Å². The van der Waals surface area contributed by atoms with Crippen LogP contribution in [0.2, 0.25) is 0 Å². The summed E-state index contributed by atoms with van der Waals surface area (Å²) < 4.78 is 16.4. The zero-order chi connectivity index (χ0) is 17.5. The molecule has 134 valence electrons. The number of hydrogen-bond donors (Lipinski definition) is 1. The largest absolute Gasteiger partial charge is 0.369 e. The minimum atomic E-state index is -0.220. The summed E-state index contributed by atoms with van der Waals surface area (Å²) in [5, 5.41) is 8.55. The minimum Gasteiger partial charge on any atom is -0.369 e. The summed E-state index contributed by atoms with van der Waals surface area (Å²) in [6, 6.07) is 5.71. The average Bonchev–Trinajstić information content (AvgIpc) is 3.30. The number of piperidine rings is 1. The van der Waals surface area contributed by atoms with Crippen molar-refractivity contribution in [2.24, 2.45) is 0 Å². The Kier molecular flexibility index (Phi) is 3.72. The minimum absolute atomic E-state index is 0.220. The van der Waals surface area contributed by atoms with Crippen molar-refractivity contribution in [3.8, 4) is 5.95 Å². The van der Waals surface area contributed by atoms with Gasteiger partial charge in [0.2, 0.25) is 0 Å². The van der Waals surface area contributed by atoms with Gasteiger partial charge < -0.3 is 10.2 Å². The molecule has 7 heteroatoms. The molecule has 3 aromatic rings. The smallest absolute Gasteiger partial charge is 0.253 e. The molecule has 5 rings (SSSR count). The highest BCUT2D eigenvalue weighted by molar-refractivity contribution is 5.92. The Morgan fingerprint density at radius 3 is 2.65 bits per heavy atom. The third kappa shape index (κ3) is 2.87. The number of aromatic nitrogens is 4. The summed E-state index contributed by atoms with van der Waals surface area (Å²) in [5.74, 6) is 0.999. The lowest BCUT2D eigenvalue weighted by Gasteiger charge is -2.29. The van der Waals surface area contributed by atoms with Crippen LogP contribution in [-0.2, 0) is 0 Å². The standard InChI is InChI=1S/C19H21FN6/c20-15-12-16-14(11-17(15)25-8-2-1-3-9-25)18(22-13-5-6-13)24-19(23-16)26-10-4-7-21-26/h4,7,10-13H,1-3,5-6,8-9H2,(H,22,23,24). The number of halogens is 1. The van der Waals surface area contributed by atoms with Crippen molar-refractivity contribution in [2.75, 3.05) is 23.3 Å². The van der Waals surface area contributed by atoms with Crippen molar-refractivity contribution >= 4 is 22.4 Å². The monoisotopic (exact) mass is 352 g/mol. The second kappa shape index (κ2) is 6.23. The summed E-state index contributed by atoms with van der Waals surface area (Å²) in [5.41, 5.74) is 1.26. The normalized spacial score (nSPS) is 17.7. The van der Waals surface area contributed by atoms with Gasteiger partial charge in [-0.25, -0.2) is 14.1 Å². The maximum Gasteiger partial charge on any atom is 0.253 e. The van der Waals surface area contributed by atoms with E-state index in [2.05, 4.69) is 25.3 Å². The SMILES string of the molecule is Fc1cc2nc(-n3cccn3)nc(NC3CC3)c2cc1N1CCCCC1. The maximum absolute atomic E-state index is 14.8. The first-order valence-corrected chi connectivity index (χ1v) is 9.31. The Balaban J connectivity index is 1.64. The quantitative estimate of drug-likeness (QED) is 0.778.